The molecule has 4 heteroatoms. The van der Waals surface area contributed by atoms with Gasteiger partial charge in [-0.25, -0.2) is 0 Å². The highest BCUT2D eigenvalue weighted by molar-refractivity contribution is 5.22. The normalized spacial score (nSPS) is 12.6. The molecule has 0 aromatic carbocycles. The molecule has 17 heavy (non-hydrogen) atoms. The van der Waals surface area contributed by atoms with Crippen molar-refractivity contribution in [2.45, 2.75) is 26.3 Å². The Kier molecular flexibility index (Phi) is 3.88. The zero-order valence-corrected chi connectivity index (χ0v) is 10.2. The van der Waals surface area contributed by atoms with Crippen LogP contribution in [0.5, 0.6) is 0 Å². The highest BCUT2D eigenvalue weighted by Crippen LogP contribution is 2.20. The molecule has 0 saturated heterocycles. The van der Waals surface area contributed by atoms with Crippen LogP contribution >= 0.6 is 0 Å². The first-order valence-electron chi connectivity index (χ1n) is 5.85. The first-order valence-corrected chi connectivity index (χ1v) is 5.85. The zero-order valence-electron chi connectivity index (χ0n) is 10.2. The van der Waals surface area contributed by atoms with Gasteiger partial charge in [-0.15, -0.1) is 0 Å². The second kappa shape index (κ2) is 5.59. The fraction of sp³-hybridized carbons (Fsp3) is 0.385. The smallest absolute Gasteiger partial charge is 0.0954 e. The van der Waals surface area contributed by atoms with Crippen molar-refractivity contribution in [2.24, 2.45) is 0 Å². The van der Waals surface area contributed by atoms with Gasteiger partial charge >= 0.3 is 0 Å². The number of nitrogens with zero attached hydrogens (tertiary/aromatic N) is 2. The van der Waals surface area contributed by atoms with Crippen molar-refractivity contribution in [3.63, 3.8) is 0 Å². The number of rotatable bonds is 5. The van der Waals surface area contributed by atoms with Crippen LogP contribution in [0.1, 0.15) is 36.3 Å². The van der Waals surface area contributed by atoms with Gasteiger partial charge in [0.05, 0.1) is 36.2 Å². The van der Waals surface area contributed by atoms with Gasteiger partial charge in [-0.2, -0.15) is 0 Å². The molecule has 0 saturated carbocycles. The van der Waals surface area contributed by atoms with Crippen molar-refractivity contribution in [3.05, 3.63) is 47.9 Å². The lowest BCUT2D eigenvalue weighted by Gasteiger charge is -2.16. The van der Waals surface area contributed by atoms with Crippen LogP contribution in [0.15, 0.2) is 35.4 Å². The van der Waals surface area contributed by atoms with E-state index in [1.54, 1.807) is 18.7 Å². The highest BCUT2D eigenvalue weighted by Gasteiger charge is 2.15. The predicted molar refractivity (Wildman–Crippen MR) is 65.6 cm³/mol. The number of aryl methyl sites for hydroxylation is 1. The quantitative estimate of drug-likeness (QED) is 0.858. The van der Waals surface area contributed by atoms with Gasteiger partial charge in [0.2, 0.25) is 0 Å². The van der Waals surface area contributed by atoms with Gasteiger partial charge in [-0.1, -0.05) is 6.92 Å². The van der Waals surface area contributed by atoms with E-state index in [4.69, 9.17) is 4.42 Å². The second-order valence-corrected chi connectivity index (χ2v) is 4.03. The van der Waals surface area contributed by atoms with Crippen LogP contribution in [0, 0.1) is 6.92 Å². The van der Waals surface area contributed by atoms with Crippen LogP contribution in [-0.2, 0) is 0 Å². The highest BCUT2D eigenvalue weighted by atomic mass is 16.3. The number of furan rings is 1. The average Bonchev–Trinajstić information content (AvgIpc) is 2.85. The SMILES string of the molecule is CCCNC(c1ccoc1)c1cnc(C)cn1. The van der Waals surface area contributed by atoms with Gasteiger partial charge in [0, 0.05) is 11.8 Å². The molecule has 2 aromatic heterocycles. The molecule has 90 valence electrons. The van der Waals surface area contributed by atoms with E-state index in [0.29, 0.717) is 0 Å². The minimum absolute atomic E-state index is 0.0572. The lowest BCUT2D eigenvalue weighted by atomic mass is 10.1. The zero-order chi connectivity index (χ0) is 12.1. The van der Waals surface area contributed by atoms with E-state index in [1.165, 1.54) is 0 Å². The number of hydrogen-bond donors (Lipinski definition) is 1. The molecule has 0 spiro atoms. The third-order valence-corrected chi connectivity index (χ3v) is 2.57. The van der Waals surface area contributed by atoms with Crippen LogP contribution in [0.2, 0.25) is 0 Å². The maximum Gasteiger partial charge on any atom is 0.0954 e. The standard InChI is InChI=1S/C13H17N3O/c1-3-5-14-13(11-4-6-17-9-11)12-8-15-10(2)7-16-12/h4,6-9,13-14H,3,5H2,1-2H3. The summed E-state index contributed by atoms with van der Waals surface area (Å²) >= 11 is 0. The molecule has 0 radical (unpaired) electrons. The third kappa shape index (κ3) is 2.91. The van der Waals surface area contributed by atoms with E-state index >= 15 is 0 Å². The summed E-state index contributed by atoms with van der Waals surface area (Å²) in [6.07, 6.45) is 8.10. The average molecular weight is 231 g/mol. The summed E-state index contributed by atoms with van der Waals surface area (Å²) in [5, 5.41) is 3.45. The maximum absolute atomic E-state index is 5.13. The number of aromatic nitrogens is 2. The molecular formula is C13H17N3O. The van der Waals surface area contributed by atoms with Crippen LogP contribution in [0.25, 0.3) is 0 Å². The molecule has 0 amide bonds. The first kappa shape index (κ1) is 11.8. The van der Waals surface area contributed by atoms with Crippen molar-refractivity contribution >= 4 is 0 Å². The molecular weight excluding hydrogens is 214 g/mol. The van der Waals surface area contributed by atoms with Crippen LogP contribution < -0.4 is 5.32 Å². The first-order chi connectivity index (χ1) is 8.31. The van der Waals surface area contributed by atoms with Crippen molar-refractivity contribution in [2.75, 3.05) is 6.54 Å². The molecule has 2 aromatic rings. The Hall–Kier alpha value is -1.68. The Balaban J connectivity index is 2.23. The van der Waals surface area contributed by atoms with Gasteiger partial charge < -0.3 is 9.73 Å². The largest absolute Gasteiger partial charge is 0.472 e. The summed E-state index contributed by atoms with van der Waals surface area (Å²) in [5.41, 5.74) is 2.93. The van der Waals surface area contributed by atoms with E-state index in [9.17, 15) is 0 Å². The molecule has 4 nitrogen and oxygen atoms in total. The second-order valence-electron chi connectivity index (χ2n) is 4.03. The minimum Gasteiger partial charge on any atom is -0.472 e. The Morgan fingerprint density at radius 3 is 2.82 bits per heavy atom. The molecule has 2 heterocycles. The third-order valence-electron chi connectivity index (χ3n) is 2.57. The van der Waals surface area contributed by atoms with Crippen LogP contribution in [0.3, 0.4) is 0 Å². The maximum atomic E-state index is 5.13. The molecule has 2 rings (SSSR count). The Bertz CT molecular complexity index is 436. The molecule has 1 unspecified atom stereocenters. The van der Waals surface area contributed by atoms with Gasteiger partial charge in [0.25, 0.3) is 0 Å². The van der Waals surface area contributed by atoms with E-state index < -0.39 is 0 Å². The molecule has 0 aliphatic carbocycles. The molecule has 0 fully saturated rings. The predicted octanol–water partition coefficient (Wildman–Crippen LogP) is 2.47. The Morgan fingerprint density at radius 2 is 2.24 bits per heavy atom. The molecule has 0 aliphatic heterocycles. The van der Waals surface area contributed by atoms with Crippen molar-refractivity contribution in [1.29, 1.82) is 0 Å². The number of hydrogen-bond acceptors (Lipinski definition) is 4. The number of nitrogens with one attached hydrogen (secondary N) is 1. The van der Waals surface area contributed by atoms with Gasteiger partial charge in [0.1, 0.15) is 0 Å². The minimum atomic E-state index is 0.0572. The van der Waals surface area contributed by atoms with E-state index in [2.05, 4.69) is 22.2 Å². The molecule has 0 bridgehead atoms. The lowest BCUT2D eigenvalue weighted by molar-refractivity contribution is 0.544. The van der Waals surface area contributed by atoms with Crippen molar-refractivity contribution < 1.29 is 4.42 Å². The molecule has 1 atom stereocenters. The monoisotopic (exact) mass is 231 g/mol. The molecule has 0 aliphatic rings. The van der Waals surface area contributed by atoms with Crippen molar-refractivity contribution in [3.8, 4) is 0 Å². The van der Waals surface area contributed by atoms with E-state index in [1.807, 2.05) is 19.2 Å². The van der Waals surface area contributed by atoms with Crippen LogP contribution in [0.4, 0.5) is 0 Å². The van der Waals surface area contributed by atoms with Crippen LogP contribution in [-0.4, -0.2) is 16.5 Å². The fourth-order valence-corrected chi connectivity index (χ4v) is 1.67. The van der Waals surface area contributed by atoms with Crippen molar-refractivity contribution in [1.82, 2.24) is 15.3 Å². The molecule has 1 N–H and O–H groups in total. The summed E-state index contributed by atoms with van der Waals surface area (Å²) in [5.74, 6) is 0. The topological polar surface area (TPSA) is 51.0 Å². The summed E-state index contributed by atoms with van der Waals surface area (Å²) in [4.78, 5) is 8.71. The Morgan fingerprint density at radius 1 is 1.35 bits per heavy atom. The summed E-state index contributed by atoms with van der Waals surface area (Å²) in [7, 11) is 0. The Labute approximate surface area is 101 Å². The van der Waals surface area contributed by atoms with E-state index in [0.717, 1.165) is 29.9 Å². The van der Waals surface area contributed by atoms with Gasteiger partial charge in [0.15, 0.2) is 0 Å². The van der Waals surface area contributed by atoms with Gasteiger partial charge in [-0.3, -0.25) is 9.97 Å². The summed E-state index contributed by atoms with van der Waals surface area (Å²) in [6, 6.07) is 2.01. The van der Waals surface area contributed by atoms with E-state index in [-0.39, 0.29) is 6.04 Å². The summed E-state index contributed by atoms with van der Waals surface area (Å²) in [6.45, 7) is 5.01. The summed E-state index contributed by atoms with van der Waals surface area (Å²) < 4.78 is 5.13. The van der Waals surface area contributed by atoms with Gasteiger partial charge in [-0.05, 0) is 26.0 Å². The fourth-order valence-electron chi connectivity index (χ4n) is 1.67. The lowest BCUT2D eigenvalue weighted by Crippen LogP contribution is -2.23.